The molecule has 0 fully saturated rings. The highest BCUT2D eigenvalue weighted by atomic mass is 35.5. The summed E-state index contributed by atoms with van der Waals surface area (Å²) in [5.41, 5.74) is 0.475. The second-order valence-corrected chi connectivity index (χ2v) is 4.71. The van der Waals surface area contributed by atoms with Crippen LogP contribution in [-0.2, 0) is 0 Å². The summed E-state index contributed by atoms with van der Waals surface area (Å²) >= 11 is 11.3. The smallest absolute Gasteiger partial charge is 0.203 e. The number of hydrogen-bond donors (Lipinski definition) is 0. The van der Waals surface area contributed by atoms with Gasteiger partial charge in [0.15, 0.2) is 0 Å². The molecular formula is C15H10Cl2O2. The van der Waals surface area contributed by atoms with E-state index in [9.17, 15) is 4.79 Å². The summed E-state index contributed by atoms with van der Waals surface area (Å²) in [6, 6.07) is 13.7. The number of Topliss-reactive ketones (excluding diaryl/α,β-unsaturated/α-hetero) is 1. The number of rotatable bonds is 4. The van der Waals surface area contributed by atoms with E-state index < -0.39 is 0 Å². The Bertz CT molecular complexity index is 601. The molecular weight excluding hydrogens is 283 g/mol. The Hall–Kier alpha value is -1.77. The molecule has 0 aromatic heterocycles. The minimum absolute atomic E-state index is 0.00799. The van der Waals surface area contributed by atoms with E-state index in [1.807, 2.05) is 0 Å². The molecule has 0 heterocycles. The van der Waals surface area contributed by atoms with Gasteiger partial charge in [-0.3, -0.25) is 4.79 Å². The summed E-state index contributed by atoms with van der Waals surface area (Å²) in [6.45, 7) is 3.40. The van der Waals surface area contributed by atoms with Gasteiger partial charge in [0.25, 0.3) is 0 Å². The Labute approximate surface area is 121 Å². The summed E-state index contributed by atoms with van der Waals surface area (Å²) in [5.74, 6) is 1.00. The third-order valence-corrected chi connectivity index (χ3v) is 2.84. The van der Waals surface area contributed by atoms with Crippen LogP contribution in [-0.4, -0.2) is 5.78 Å². The number of carbonyl (C=O) groups excluding carboxylic acids is 1. The third-order valence-electron chi connectivity index (χ3n) is 2.41. The molecule has 2 nitrogen and oxygen atoms in total. The van der Waals surface area contributed by atoms with Crippen LogP contribution in [0.4, 0.5) is 0 Å². The lowest BCUT2D eigenvalue weighted by molar-refractivity contribution is 0.104. The number of carbonyl (C=O) groups is 1. The molecule has 0 saturated heterocycles. The molecule has 0 aliphatic heterocycles. The van der Waals surface area contributed by atoms with Crippen molar-refractivity contribution in [3.63, 3.8) is 0 Å². The van der Waals surface area contributed by atoms with Gasteiger partial charge in [-0.1, -0.05) is 29.8 Å². The molecule has 0 atom stereocenters. The van der Waals surface area contributed by atoms with Gasteiger partial charge in [-0.15, -0.1) is 0 Å². The minimum atomic E-state index is -0.292. The molecule has 0 bridgehead atoms. The van der Waals surface area contributed by atoms with Crippen LogP contribution in [0.15, 0.2) is 60.1 Å². The van der Waals surface area contributed by atoms with Crippen LogP contribution < -0.4 is 4.74 Å². The number of ether oxygens (including phenoxy) is 1. The largest absolute Gasteiger partial charge is 0.457 e. The Morgan fingerprint density at radius 2 is 1.42 bits per heavy atom. The predicted octanol–water partition coefficient (Wildman–Crippen LogP) is 5.07. The van der Waals surface area contributed by atoms with Crippen molar-refractivity contribution in [2.45, 2.75) is 0 Å². The van der Waals surface area contributed by atoms with E-state index in [1.54, 1.807) is 48.5 Å². The summed E-state index contributed by atoms with van der Waals surface area (Å²) in [5, 5.41) is 0.639. The number of benzene rings is 2. The van der Waals surface area contributed by atoms with E-state index in [2.05, 4.69) is 6.58 Å². The van der Waals surface area contributed by atoms with Gasteiger partial charge in [0.1, 0.15) is 11.5 Å². The molecule has 19 heavy (non-hydrogen) atoms. The molecule has 0 amide bonds. The van der Waals surface area contributed by atoms with Crippen LogP contribution in [0.2, 0.25) is 5.02 Å². The van der Waals surface area contributed by atoms with Crippen LogP contribution in [0.1, 0.15) is 10.4 Å². The van der Waals surface area contributed by atoms with Crippen molar-refractivity contribution in [1.29, 1.82) is 0 Å². The quantitative estimate of drug-likeness (QED) is 0.581. The SMILES string of the molecule is C=C(Cl)C(=O)c1ccc(Oc2ccc(Cl)cc2)cc1. The standard InChI is InChI=1S/C15H10Cl2O2/c1-10(16)15(18)11-2-6-13(7-3-11)19-14-8-4-12(17)5-9-14/h2-9H,1H2. The first-order valence-corrected chi connectivity index (χ1v) is 6.24. The van der Waals surface area contributed by atoms with E-state index in [0.29, 0.717) is 22.1 Å². The van der Waals surface area contributed by atoms with Crippen LogP contribution in [0.25, 0.3) is 0 Å². The fraction of sp³-hybridized carbons (Fsp3) is 0. The van der Waals surface area contributed by atoms with Gasteiger partial charge in [-0.05, 0) is 48.5 Å². The average Bonchev–Trinajstić information content (AvgIpc) is 2.41. The highest BCUT2D eigenvalue weighted by molar-refractivity contribution is 6.44. The summed E-state index contributed by atoms with van der Waals surface area (Å²) in [4.78, 5) is 11.6. The Morgan fingerprint density at radius 3 is 1.89 bits per heavy atom. The molecule has 0 N–H and O–H groups in total. The maximum Gasteiger partial charge on any atom is 0.203 e. The van der Waals surface area contributed by atoms with E-state index >= 15 is 0 Å². The maximum absolute atomic E-state index is 11.6. The second kappa shape index (κ2) is 5.91. The van der Waals surface area contributed by atoms with Crippen molar-refractivity contribution in [2.75, 3.05) is 0 Å². The molecule has 0 radical (unpaired) electrons. The van der Waals surface area contributed by atoms with Gasteiger partial charge < -0.3 is 4.74 Å². The van der Waals surface area contributed by atoms with Crippen LogP contribution in [0.5, 0.6) is 11.5 Å². The molecule has 0 spiro atoms. The van der Waals surface area contributed by atoms with E-state index in [0.717, 1.165) is 0 Å². The first-order chi connectivity index (χ1) is 9.06. The first-order valence-electron chi connectivity index (χ1n) is 5.49. The zero-order valence-electron chi connectivity index (χ0n) is 9.90. The zero-order chi connectivity index (χ0) is 13.8. The molecule has 0 saturated carbocycles. The van der Waals surface area contributed by atoms with E-state index in [-0.39, 0.29) is 10.8 Å². The fourth-order valence-electron chi connectivity index (χ4n) is 1.47. The topological polar surface area (TPSA) is 26.3 Å². The van der Waals surface area contributed by atoms with Gasteiger partial charge in [0, 0.05) is 10.6 Å². The van der Waals surface area contributed by atoms with E-state index in [4.69, 9.17) is 27.9 Å². The lowest BCUT2D eigenvalue weighted by Gasteiger charge is -2.06. The monoisotopic (exact) mass is 292 g/mol. The summed E-state index contributed by atoms with van der Waals surface area (Å²) in [7, 11) is 0. The zero-order valence-corrected chi connectivity index (χ0v) is 11.4. The lowest BCUT2D eigenvalue weighted by Crippen LogP contribution is -1.97. The van der Waals surface area contributed by atoms with Crippen LogP contribution in [0.3, 0.4) is 0 Å². The van der Waals surface area contributed by atoms with Crippen molar-refractivity contribution < 1.29 is 9.53 Å². The number of ketones is 1. The minimum Gasteiger partial charge on any atom is -0.457 e. The van der Waals surface area contributed by atoms with Crippen LogP contribution in [0, 0.1) is 0 Å². The number of halogens is 2. The average molecular weight is 293 g/mol. The van der Waals surface area contributed by atoms with Crippen molar-refractivity contribution in [3.8, 4) is 11.5 Å². The Balaban J connectivity index is 2.13. The molecule has 4 heteroatoms. The lowest BCUT2D eigenvalue weighted by atomic mass is 10.1. The molecule has 2 rings (SSSR count). The van der Waals surface area contributed by atoms with Gasteiger partial charge in [-0.2, -0.15) is 0 Å². The molecule has 0 unspecified atom stereocenters. The first kappa shape index (κ1) is 13.7. The van der Waals surface area contributed by atoms with Crippen molar-refractivity contribution >= 4 is 29.0 Å². The molecule has 96 valence electrons. The van der Waals surface area contributed by atoms with Crippen molar-refractivity contribution in [1.82, 2.24) is 0 Å². The van der Waals surface area contributed by atoms with Gasteiger partial charge in [-0.25, -0.2) is 0 Å². The maximum atomic E-state index is 11.6. The van der Waals surface area contributed by atoms with E-state index in [1.165, 1.54) is 0 Å². The summed E-state index contributed by atoms with van der Waals surface area (Å²) < 4.78 is 5.60. The second-order valence-electron chi connectivity index (χ2n) is 3.81. The molecule has 2 aromatic carbocycles. The van der Waals surface area contributed by atoms with Gasteiger partial charge in [0.05, 0.1) is 5.03 Å². The highest BCUT2D eigenvalue weighted by Crippen LogP contribution is 2.23. The van der Waals surface area contributed by atoms with Crippen molar-refractivity contribution in [2.24, 2.45) is 0 Å². The molecule has 0 aliphatic rings. The summed E-state index contributed by atoms with van der Waals surface area (Å²) in [6.07, 6.45) is 0. The molecule has 0 aliphatic carbocycles. The molecule has 2 aromatic rings. The van der Waals surface area contributed by atoms with Gasteiger partial charge in [0.2, 0.25) is 5.78 Å². The van der Waals surface area contributed by atoms with Gasteiger partial charge >= 0.3 is 0 Å². The fourth-order valence-corrected chi connectivity index (χ4v) is 1.70. The van der Waals surface area contributed by atoms with Crippen molar-refractivity contribution in [3.05, 3.63) is 70.7 Å². The van der Waals surface area contributed by atoms with Crippen LogP contribution >= 0.6 is 23.2 Å². The number of allylic oxidation sites excluding steroid dienone is 1. The predicted molar refractivity (Wildman–Crippen MR) is 77.3 cm³/mol. The Morgan fingerprint density at radius 1 is 0.947 bits per heavy atom. The highest BCUT2D eigenvalue weighted by Gasteiger charge is 2.08. The number of hydrogen-bond acceptors (Lipinski definition) is 2. The normalized spacial score (nSPS) is 10.0. The Kier molecular flexibility index (Phi) is 4.25. The third kappa shape index (κ3) is 3.60.